The highest BCUT2D eigenvalue weighted by Gasteiger charge is 2.49. The number of nitrogen functional groups attached to an aromatic ring is 1. The Hall–Kier alpha value is -1.09. The Morgan fingerprint density at radius 2 is 1.90 bits per heavy atom. The third-order valence-corrected chi connectivity index (χ3v) is 7.79. The van der Waals surface area contributed by atoms with Crippen LogP contribution in [0.5, 0.6) is 0 Å². The summed E-state index contributed by atoms with van der Waals surface area (Å²) < 4.78 is 79.6. The maximum atomic E-state index is 14.6. The molecule has 1 aromatic rings. The number of hydrogen-bond acceptors (Lipinski definition) is 10. The highest BCUT2D eigenvalue weighted by molar-refractivity contribution is 7.66. The van der Waals surface area contributed by atoms with E-state index in [1.807, 2.05) is 0 Å². The van der Waals surface area contributed by atoms with Crippen molar-refractivity contribution in [2.75, 3.05) is 12.3 Å². The second-order valence-corrected chi connectivity index (χ2v) is 10.7. The van der Waals surface area contributed by atoms with Gasteiger partial charge in [0.25, 0.3) is 0 Å². The summed E-state index contributed by atoms with van der Waals surface area (Å²) >= 11 is 0. The average Bonchev–Trinajstić information content (AvgIpc) is 2.90. The summed E-state index contributed by atoms with van der Waals surface area (Å²) in [7, 11) is -16.8. The van der Waals surface area contributed by atoms with Gasteiger partial charge in [0.05, 0.1) is 18.4 Å². The van der Waals surface area contributed by atoms with E-state index in [4.69, 9.17) is 25.2 Å². The molecule has 0 radical (unpaired) electrons. The summed E-state index contributed by atoms with van der Waals surface area (Å²) in [5.41, 5.74) is 2.34. The van der Waals surface area contributed by atoms with Gasteiger partial charge >= 0.3 is 29.2 Å². The molecule has 2 rings (SSSR count). The van der Waals surface area contributed by atoms with Crippen LogP contribution in [-0.4, -0.2) is 47.5 Å². The molecule has 6 N–H and O–H groups in total. The lowest BCUT2D eigenvalue weighted by molar-refractivity contribution is -0.105. The van der Waals surface area contributed by atoms with Gasteiger partial charge in [0, 0.05) is 6.42 Å². The number of halogens is 2. The van der Waals surface area contributed by atoms with E-state index in [9.17, 15) is 32.2 Å². The standard InChI is InChI=1S/C11H18F2N3O12P3/c1-2-11(5-25-30(21,22)28-31(23,24)27-29(18,19)20)3-6(12)9(26-11)16-4-7(13)8(14)15-10(16)17/h4,6,9H,2-3,5H2,1H3,(H,21,22)(H,23,24)(H2,14,15,17)(H2,18,19,20)/t6-,9-,11+/m1/s1. The predicted octanol–water partition coefficient (Wildman–Crippen LogP) is 0.714. The number of phosphoric ester groups is 1. The number of alkyl halides is 1. The molecule has 0 spiro atoms. The fraction of sp³-hybridized carbons (Fsp3) is 0.636. The summed E-state index contributed by atoms with van der Waals surface area (Å²) in [4.78, 5) is 50.7. The second-order valence-electron chi connectivity index (χ2n) is 6.29. The average molecular weight is 515 g/mol. The molecule has 2 heterocycles. The van der Waals surface area contributed by atoms with Gasteiger partial charge in [-0.2, -0.15) is 13.6 Å². The zero-order valence-corrected chi connectivity index (χ0v) is 18.2. The molecule has 5 atom stereocenters. The zero-order valence-electron chi connectivity index (χ0n) is 15.5. The van der Waals surface area contributed by atoms with Gasteiger partial charge in [-0.3, -0.25) is 9.09 Å². The molecule has 1 fully saturated rings. The fourth-order valence-corrected chi connectivity index (χ4v) is 5.72. The lowest BCUT2D eigenvalue weighted by Crippen LogP contribution is -2.35. The zero-order chi connectivity index (χ0) is 23.8. The van der Waals surface area contributed by atoms with Crippen molar-refractivity contribution in [3.8, 4) is 0 Å². The van der Waals surface area contributed by atoms with Gasteiger partial charge in [-0.05, 0) is 6.42 Å². The van der Waals surface area contributed by atoms with Gasteiger partial charge in [0.2, 0.25) is 0 Å². The molecule has 0 aliphatic carbocycles. The van der Waals surface area contributed by atoms with Gasteiger partial charge in [-0.25, -0.2) is 27.3 Å². The molecule has 2 unspecified atom stereocenters. The van der Waals surface area contributed by atoms with Crippen LogP contribution in [0.25, 0.3) is 0 Å². The van der Waals surface area contributed by atoms with E-state index < -0.39 is 71.8 Å². The predicted molar refractivity (Wildman–Crippen MR) is 95.3 cm³/mol. The van der Waals surface area contributed by atoms with E-state index in [-0.39, 0.29) is 6.42 Å². The van der Waals surface area contributed by atoms with Crippen LogP contribution in [0.15, 0.2) is 11.0 Å². The Labute approximate surface area is 172 Å². The first-order valence-corrected chi connectivity index (χ1v) is 12.6. The highest BCUT2D eigenvalue weighted by atomic mass is 31.3. The third-order valence-electron chi connectivity index (χ3n) is 4.01. The Balaban J connectivity index is 2.16. The van der Waals surface area contributed by atoms with Gasteiger partial charge < -0.3 is 30.0 Å². The molecule has 1 aliphatic rings. The molecular formula is C11H18F2N3O12P3. The highest BCUT2D eigenvalue weighted by Crippen LogP contribution is 2.66. The summed E-state index contributed by atoms with van der Waals surface area (Å²) in [6.45, 7) is 0.504. The number of ether oxygens (including phenoxy) is 1. The number of nitrogens with zero attached hydrogens (tertiary/aromatic N) is 2. The van der Waals surface area contributed by atoms with E-state index in [0.29, 0.717) is 10.8 Å². The molecule has 15 nitrogen and oxygen atoms in total. The summed E-state index contributed by atoms with van der Waals surface area (Å²) in [5, 5.41) is 0. The lowest BCUT2D eigenvalue weighted by atomic mass is 9.97. The van der Waals surface area contributed by atoms with Crippen LogP contribution in [0.3, 0.4) is 0 Å². The molecular weight excluding hydrogens is 497 g/mol. The minimum absolute atomic E-state index is 0.0840. The van der Waals surface area contributed by atoms with Crippen molar-refractivity contribution in [2.45, 2.75) is 37.8 Å². The number of nitrogens with two attached hydrogens (primary N) is 1. The topological polar surface area (TPSA) is 230 Å². The first-order chi connectivity index (χ1) is 14.0. The molecule has 0 saturated carbocycles. The van der Waals surface area contributed by atoms with Gasteiger partial charge in [-0.1, -0.05) is 6.92 Å². The van der Waals surface area contributed by atoms with Gasteiger partial charge in [-0.15, -0.1) is 0 Å². The molecule has 1 aromatic heterocycles. The van der Waals surface area contributed by atoms with Gasteiger partial charge in [0.15, 0.2) is 17.9 Å². The molecule has 1 aliphatic heterocycles. The van der Waals surface area contributed by atoms with Crippen LogP contribution in [0, 0.1) is 5.82 Å². The van der Waals surface area contributed by atoms with Crippen molar-refractivity contribution in [3.63, 3.8) is 0 Å². The molecule has 1 saturated heterocycles. The van der Waals surface area contributed by atoms with Crippen molar-refractivity contribution in [3.05, 3.63) is 22.5 Å². The Kier molecular flexibility index (Phi) is 7.63. The number of hydrogen-bond donors (Lipinski definition) is 5. The van der Waals surface area contributed by atoms with Crippen LogP contribution >= 0.6 is 23.5 Å². The normalized spacial score (nSPS) is 28.2. The van der Waals surface area contributed by atoms with E-state index >= 15 is 0 Å². The smallest absolute Gasteiger partial charge is 0.381 e. The Bertz CT molecular complexity index is 1030. The Morgan fingerprint density at radius 1 is 1.29 bits per heavy atom. The van der Waals surface area contributed by atoms with E-state index in [1.165, 1.54) is 6.92 Å². The summed E-state index contributed by atoms with van der Waals surface area (Å²) in [6, 6.07) is 0. The van der Waals surface area contributed by atoms with Crippen molar-refractivity contribution >= 4 is 29.3 Å². The monoisotopic (exact) mass is 515 g/mol. The third kappa shape index (κ3) is 6.94. The SMILES string of the molecule is CC[C@@]1(COP(=O)(O)OP(=O)(O)OP(=O)(O)O)C[C@@H](F)[C@H](n2cc(F)c(N)nc2=O)O1. The molecule has 0 aromatic carbocycles. The van der Waals surface area contributed by atoms with Crippen LogP contribution < -0.4 is 11.4 Å². The van der Waals surface area contributed by atoms with Crippen LogP contribution in [-0.2, 0) is 31.6 Å². The first-order valence-electron chi connectivity index (χ1n) is 8.12. The van der Waals surface area contributed by atoms with Crippen molar-refractivity contribution in [2.24, 2.45) is 0 Å². The molecule has 31 heavy (non-hydrogen) atoms. The maximum Gasteiger partial charge on any atom is 0.490 e. The second kappa shape index (κ2) is 9.04. The van der Waals surface area contributed by atoms with Crippen LogP contribution in [0.1, 0.15) is 26.0 Å². The molecule has 178 valence electrons. The number of anilines is 1. The van der Waals surface area contributed by atoms with E-state index in [1.54, 1.807) is 0 Å². The molecule has 20 heteroatoms. The minimum Gasteiger partial charge on any atom is -0.381 e. The van der Waals surface area contributed by atoms with E-state index in [0.717, 1.165) is 0 Å². The quantitative estimate of drug-likeness (QED) is 0.285. The maximum absolute atomic E-state index is 14.6. The van der Waals surface area contributed by atoms with Gasteiger partial charge in [0.1, 0.15) is 6.17 Å². The van der Waals surface area contributed by atoms with Crippen molar-refractivity contribution < 1.29 is 59.9 Å². The molecule has 0 amide bonds. The largest absolute Gasteiger partial charge is 0.490 e. The minimum atomic E-state index is -5.74. The van der Waals surface area contributed by atoms with Crippen LogP contribution in [0.2, 0.25) is 0 Å². The Morgan fingerprint density at radius 3 is 2.45 bits per heavy atom. The lowest BCUT2D eigenvalue weighted by Gasteiger charge is -2.28. The van der Waals surface area contributed by atoms with Crippen LogP contribution in [0.4, 0.5) is 14.6 Å². The van der Waals surface area contributed by atoms with Crippen molar-refractivity contribution in [1.29, 1.82) is 0 Å². The first kappa shape index (κ1) is 26.2. The van der Waals surface area contributed by atoms with E-state index in [2.05, 4.69) is 18.1 Å². The number of rotatable bonds is 9. The summed E-state index contributed by atoms with van der Waals surface area (Å²) in [5.74, 6) is -1.85. The number of aromatic nitrogens is 2. The number of phosphoric acid groups is 3. The fourth-order valence-electron chi connectivity index (χ4n) is 2.63. The van der Waals surface area contributed by atoms with Crippen molar-refractivity contribution in [1.82, 2.24) is 9.55 Å². The molecule has 0 bridgehead atoms. The summed E-state index contributed by atoms with van der Waals surface area (Å²) in [6.07, 6.45) is -3.69.